The minimum absolute atomic E-state index is 0.0426. The van der Waals surface area contributed by atoms with Gasteiger partial charge in [0, 0.05) is 12.6 Å². The molecule has 21 heavy (non-hydrogen) atoms. The molecule has 0 radical (unpaired) electrons. The Hall–Kier alpha value is -1.26. The van der Waals surface area contributed by atoms with E-state index in [1.54, 1.807) is 0 Å². The van der Waals surface area contributed by atoms with Crippen molar-refractivity contribution in [2.75, 3.05) is 6.54 Å². The van der Waals surface area contributed by atoms with Crippen molar-refractivity contribution >= 4 is 12.0 Å². The third kappa shape index (κ3) is 4.11. The number of urea groups is 1. The largest absolute Gasteiger partial charge is 0.481 e. The van der Waals surface area contributed by atoms with E-state index in [0.717, 1.165) is 44.9 Å². The van der Waals surface area contributed by atoms with Gasteiger partial charge in [-0.1, -0.05) is 32.1 Å². The van der Waals surface area contributed by atoms with E-state index >= 15 is 0 Å². The van der Waals surface area contributed by atoms with Gasteiger partial charge in [-0.2, -0.15) is 0 Å². The molecule has 0 spiro atoms. The second kappa shape index (κ2) is 7.14. The van der Waals surface area contributed by atoms with Gasteiger partial charge in [0.25, 0.3) is 0 Å². The molecule has 0 unspecified atom stereocenters. The topological polar surface area (TPSA) is 69.6 Å². The van der Waals surface area contributed by atoms with E-state index in [9.17, 15) is 14.7 Å². The summed E-state index contributed by atoms with van der Waals surface area (Å²) in [4.78, 5) is 25.7. The summed E-state index contributed by atoms with van der Waals surface area (Å²) in [5.41, 5.74) is -0.535. The number of rotatable bonds is 5. The molecule has 0 aromatic heterocycles. The summed E-state index contributed by atoms with van der Waals surface area (Å²) in [6.07, 6.45) is 9.29. The molecule has 2 fully saturated rings. The van der Waals surface area contributed by atoms with Gasteiger partial charge < -0.3 is 15.3 Å². The molecule has 5 nitrogen and oxygen atoms in total. The van der Waals surface area contributed by atoms with E-state index in [2.05, 4.69) is 5.32 Å². The lowest BCUT2D eigenvalue weighted by Gasteiger charge is -2.39. The average molecular weight is 296 g/mol. The number of carboxylic acids is 1. The van der Waals surface area contributed by atoms with Gasteiger partial charge in [0.05, 0.1) is 12.0 Å². The van der Waals surface area contributed by atoms with E-state index in [4.69, 9.17) is 0 Å². The molecule has 2 rings (SSSR count). The van der Waals surface area contributed by atoms with Gasteiger partial charge in [-0.05, 0) is 32.6 Å². The fourth-order valence-corrected chi connectivity index (χ4v) is 3.95. The highest BCUT2D eigenvalue weighted by Gasteiger charge is 2.38. The molecule has 120 valence electrons. The Morgan fingerprint density at radius 1 is 1.14 bits per heavy atom. The van der Waals surface area contributed by atoms with Crippen molar-refractivity contribution in [3.05, 3.63) is 0 Å². The Morgan fingerprint density at radius 2 is 1.76 bits per heavy atom. The first-order valence-corrected chi connectivity index (χ1v) is 8.37. The summed E-state index contributed by atoms with van der Waals surface area (Å²) < 4.78 is 0. The number of aliphatic carboxylic acids is 1. The minimum atomic E-state index is -0.818. The van der Waals surface area contributed by atoms with Crippen LogP contribution in [0.3, 0.4) is 0 Å². The number of hydrogen-bond donors (Lipinski definition) is 2. The molecule has 0 aliphatic heterocycles. The fraction of sp³-hybridized carbons (Fsp3) is 0.875. The van der Waals surface area contributed by atoms with E-state index in [1.165, 1.54) is 12.8 Å². The number of carboxylic acid groups (broad SMARTS) is 1. The molecular weight excluding hydrogens is 268 g/mol. The third-order valence-electron chi connectivity index (χ3n) is 5.04. The molecule has 2 amide bonds. The maximum Gasteiger partial charge on any atom is 0.318 e. The Balaban J connectivity index is 2.03. The van der Waals surface area contributed by atoms with Crippen LogP contribution in [-0.2, 0) is 4.79 Å². The number of carbonyl (C=O) groups excluding carboxylic acids is 1. The zero-order valence-electron chi connectivity index (χ0n) is 13.1. The zero-order chi connectivity index (χ0) is 15.3. The Morgan fingerprint density at radius 3 is 2.29 bits per heavy atom. The second-order valence-electron chi connectivity index (χ2n) is 6.57. The van der Waals surface area contributed by atoms with E-state index < -0.39 is 11.5 Å². The summed E-state index contributed by atoms with van der Waals surface area (Å²) in [5.74, 6) is -0.818. The van der Waals surface area contributed by atoms with Gasteiger partial charge in [0.1, 0.15) is 0 Å². The maximum absolute atomic E-state index is 12.6. The lowest BCUT2D eigenvalue weighted by atomic mass is 9.79. The van der Waals surface area contributed by atoms with Crippen LogP contribution < -0.4 is 5.32 Å². The smallest absolute Gasteiger partial charge is 0.318 e. The number of carbonyl (C=O) groups is 2. The van der Waals surface area contributed by atoms with Crippen LogP contribution in [0, 0.1) is 0 Å². The van der Waals surface area contributed by atoms with Crippen molar-refractivity contribution in [2.45, 2.75) is 82.7 Å². The molecular formula is C16H28N2O3. The van der Waals surface area contributed by atoms with E-state index in [1.807, 2.05) is 11.8 Å². The van der Waals surface area contributed by atoms with E-state index in [-0.39, 0.29) is 12.5 Å². The van der Waals surface area contributed by atoms with Crippen LogP contribution >= 0.6 is 0 Å². The summed E-state index contributed by atoms with van der Waals surface area (Å²) in [7, 11) is 0. The number of nitrogens with one attached hydrogen (secondary N) is 1. The highest BCUT2D eigenvalue weighted by molar-refractivity contribution is 5.77. The molecule has 0 atom stereocenters. The second-order valence-corrected chi connectivity index (χ2v) is 6.57. The third-order valence-corrected chi connectivity index (χ3v) is 5.04. The number of amides is 2. The SMILES string of the molecule is CCN(C(=O)NC1(CC(=O)O)CCCCC1)C1CCCC1. The predicted molar refractivity (Wildman–Crippen MR) is 81.2 cm³/mol. The lowest BCUT2D eigenvalue weighted by molar-refractivity contribution is -0.139. The van der Waals surface area contributed by atoms with Crippen molar-refractivity contribution in [2.24, 2.45) is 0 Å². The van der Waals surface area contributed by atoms with Crippen molar-refractivity contribution in [1.29, 1.82) is 0 Å². The maximum atomic E-state index is 12.6. The van der Waals surface area contributed by atoms with Gasteiger partial charge in [0.15, 0.2) is 0 Å². The van der Waals surface area contributed by atoms with Crippen LogP contribution in [0.25, 0.3) is 0 Å². The normalized spacial score (nSPS) is 22.0. The number of hydrogen-bond acceptors (Lipinski definition) is 2. The van der Waals surface area contributed by atoms with Crippen LogP contribution in [0.5, 0.6) is 0 Å². The van der Waals surface area contributed by atoms with Gasteiger partial charge >= 0.3 is 12.0 Å². The first-order chi connectivity index (χ1) is 10.1. The summed E-state index contributed by atoms with van der Waals surface area (Å²) in [6.45, 7) is 2.70. The van der Waals surface area contributed by atoms with Crippen LogP contribution in [0.2, 0.25) is 0 Å². The van der Waals surface area contributed by atoms with Crippen molar-refractivity contribution in [3.63, 3.8) is 0 Å². The van der Waals surface area contributed by atoms with Gasteiger partial charge in [0.2, 0.25) is 0 Å². The molecule has 0 aromatic carbocycles. The van der Waals surface area contributed by atoms with Crippen LogP contribution in [0.4, 0.5) is 4.79 Å². The molecule has 2 aliphatic carbocycles. The zero-order valence-corrected chi connectivity index (χ0v) is 13.1. The molecule has 0 bridgehead atoms. The predicted octanol–water partition coefficient (Wildman–Crippen LogP) is 3.14. The first kappa shape index (κ1) is 16.1. The fourth-order valence-electron chi connectivity index (χ4n) is 3.95. The molecule has 2 aliphatic rings. The molecule has 2 saturated carbocycles. The minimum Gasteiger partial charge on any atom is -0.481 e. The van der Waals surface area contributed by atoms with Crippen molar-refractivity contribution in [1.82, 2.24) is 10.2 Å². The Labute approximate surface area is 127 Å². The van der Waals surface area contributed by atoms with Crippen molar-refractivity contribution < 1.29 is 14.7 Å². The highest BCUT2D eigenvalue weighted by Crippen LogP contribution is 2.32. The highest BCUT2D eigenvalue weighted by atomic mass is 16.4. The molecule has 0 saturated heterocycles. The summed E-state index contributed by atoms with van der Waals surface area (Å²) in [6, 6.07) is 0.271. The quantitative estimate of drug-likeness (QED) is 0.819. The molecule has 5 heteroatoms. The Bertz CT molecular complexity index is 372. The molecule has 0 heterocycles. The standard InChI is InChI=1S/C16H28N2O3/c1-2-18(13-8-4-5-9-13)15(21)17-16(12-14(19)20)10-6-3-7-11-16/h13H,2-12H2,1H3,(H,17,21)(H,19,20). The van der Waals surface area contributed by atoms with Crippen LogP contribution in [-0.4, -0.2) is 40.1 Å². The van der Waals surface area contributed by atoms with E-state index in [0.29, 0.717) is 12.6 Å². The van der Waals surface area contributed by atoms with Gasteiger partial charge in [-0.15, -0.1) is 0 Å². The first-order valence-electron chi connectivity index (χ1n) is 8.37. The molecule has 2 N–H and O–H groups in total. The lowest BCUT2D eigenvalue weighted by Crippen LogP contribution is -2.56. The van der Waals surface area contributed by atoms with Crippen LogP contribution in [0.1, 0.15) is 71.1 Å². The van der Waals surface area contributed by atoms with Crippen molar-refractivity contribution in [3.8, 4) is 0 Å². The monoisotopic (exact) mass is 296 g/mol. The number of nitrogens with zero attached hydrogens (tertiary/aromatic N) is 1. The summed E-state index contributed by atoms with van der Waals surface area (Å²) >= 11 is 0. The van der Waals surface area contributed by atoms with Crippen LogP contribution in [0.15, 0.2) is 0 Å². The average Bonchev–Trinajstić information content (AvgIpc) is 2.93. The van der Waals surface area contributed by atoms with Gasteiger partial charge in [-0.3, -0.25) is 4.79 Å². The summed E-state index contributed by atoms with van der Waals surface area (Å²) in [5, 5.41) is 12.3. The molecule has 0 aromatic rings. The Kier molecular flexibility index (Phi) is 5.48. The van der Waals surface area contributed by atoms with Gasteiger partial charge in [-0.25, -0.2) is 4.79 Å².